The van der Waals surface area contributed by atoms with Crippen LogP contribution < -0.4 is 0 Å². The lowest BCUT2D eigenvalue weighted by Crippen LogP contribution is -1.94. The van der Waals surface area contributed by atoms with Crippen molar-refractivity contribution in [2.75, 3.05) is 7.11 Å². The Hall–Kier alpha value is -1.81. The Kier molecular flexibility index (Phi) is 2.43. The summed E-state index contributed by atoms with van der Waals surface area (Å²) in [6.07, 6.45) is 0. The quantitative estimate of drug-likeness (QED) is 0.805. The van der Waals surface area contributed by atoms with E-state index in [4.69, 9.17) is 9.84 Å². The van der Waals surface area contributed by atoms with E-state index in [-0.39, 0.29) is 0 Å². The molecule has 0 spiro atoms. The highest BCUT2D eigenvalue weighted by molar-refractivity contribution is 5.93. The molecule has 78 valence electrons. The van der Waals surface area contributed by atoms with Crippen LogP contribution in [0.2, 0.25) is 0 Å². The third-order valence-corrected chi connectivity index (χ3v) is 2.22. The summed E-state index contributed by atoms with van der Waals surface area (Å²) in [5.74, 6) is -0.911. The van der Waals surface area contributed by atoms with Gasteiger partial charge < -0.3 is 14.8 Å². The molecule has 0 saturated heterocycles. The SMILES string of the molecule is COCc1cc2cc(C(=O)O)ccc2[nH]1. The molecule has 0 fully saturated rings. The predicted molar refractivity (Wildman–Crippen MR) is 56.0 cm³/mol. The minimum Gasteiger partial charge on any atom is -0.478 e. The summed E-state index contributed by atoms with van der Waals surface area (Å²) in [6.45, 7) is 0.497. The summed E-state index contributed by atoms with van der Waals surface area (Å²) < 4.78 is 4.99. The van der Waals surface area contributed by atoms with Gasteiger partial charge in [-0.25, -0.2) is 4.79 Å². The number of aromatic amines is 1. The van der Waals surface area contributed by atoms with Crippen LogP contribution in [0.15, 0.2) is 24.3 Å². The molecule has 0 bridgehead atoms. The lowest BCUT2D eigenvalue weighted by Gasteiger charge is -1.93. The Bertz CT molecular complexity index is 502. The fourth-order valence-corrected chi connectivity index (χ4v) is 1.56. The van der Waals surface area contributed by atoms with Crippen LogP contribution >= 0.6 is 0 Å². The number of rotatable bonds is 3. The van der Waals surface area contributed by atoms with Gasteiger partial charge in [-0.3, -0.25) is 0 Å². The van der Waals surface area contributed by atoms with Crippen LogP contribution in [0.25, 0.3) is 10.9 Å². The number of carbonyl (C=O) groups is 1. The number of aromatic carboxylic acids is 1. The fourth-order valence-electron chi connectivity index (χ4n) is 1.56. The van der Waals surface area contributed by atoms with Gasteiger partial charge in [-0.2, -0.15) is 0 Å². The highest BCUT2D eigenvalue weighted by Gasteiger charge is 2.05. The zero-order valence-electron chi connectivity index (χ0n) is 8.28. The van der Waals surface area contributed by atoms with E-state index in [9.17, 15) is 4.79 Å². The zero-order chi connectivity index (χ0) is 10.8. The summed E-state index contributed by atoms with van der Waals surface area (Å²) in [5, 5.41) is 9.71. The molecule has 1 aromatic heterocycles. The van der Waals surface area contributed by atoms with E-state index in [0.717, 1.165) is 16.6 Å². The first-order valence-corrected chi connectivity index (χ1v) is 4.54. The van der Waals surface area contributed by atoms with Crippen molar-refractivity contribution in [2.24, 2.45) is 0 Å². The lowest BCUT2D eigenvalue weighted by molar-refractivity contribution is 0.0697. The van der Waals surface area contributed by atoms with E-state index < -0.39 is 5.97 Å². The molecule has 0 atom stereocenters. The molecule has 1 aromatic carbocycles. The number of H-pyrrole nitrogens is 1. The number of aromatic nitrogens is 1. The Labute approximate surface area is 86.5 Å². The monoisotopic (exact) mass is 205 g/mol. The molecule has 0 saturated carbocycles. The van der Waals surface area contributed by atoms with Crippen LogP contribution in [0.1, 0.15) is 16.1 Å². The highest BCUT2D eigenvalue weighted by Crippen LogP contribution is 2.17. The van der Waals surface area contributed by atoms with Gasteiger partial charge in [0, 0.05) is 23.7 Å². The molecule has 0 amide bonds. The van der Waals surface area contributed by atoms with Gasteiger partial charge in [0.25, 0.3) is 0 Å². The van der Waals surface area contributed by atoms with E-state index in [1.807, 2.05) is 6.07 Å². The number of ether oxygens (including phenoxy) is 1. The molecule has 2 N–H and O–H groups in total. The first-order valence-electron chi connectivity index (χ1n) is 4.54. The fraction of sp³-hybridized carbons (Fsp3) is 0.182. The van der Waals surface area contributed by atoms with Gasteiger partial charge in [0.15, 0.2) is 0 Å². The molecular formula is C11H11NO3. The van der Waals surface area contributed by atoms with Crippen LogP contribution in [-0.4, -0.2) is 23.2 Å². The maximum absolute atomic E-state index is 10.7. The number of methoxy groups -OCH3 is 1. The van der Waals surface area contributed by atoms with Crippen molar-refractivity contribution in [1.29, 1.82) is 0 Å². The molecule has 0 unspecified atom stereocenters. The second-order valence-electron chi connectivity index (χ2n) is 3.33. The molecule has 0 radical (unpaired) electrons. The highest BCUT2D eigenvalue weighted by atomic mass is 16.5. The van der Waals surface area contributed by atoms with Crippen molar-refractivity contribution in [1.82, 2.24) is 4.98 Å². The third-order valence-electron chi connectivity index (χ3n) is 2.22. The van der Waals surface area contributed by atoms with Gasteiger partial charge in [-0.15, -0.1) is 0 Å². The van der Waals surface area contributed by atoms with Crippen molar-refractivity contribution < 1.29 is 14.6 Å². The predicted octanol–water partition coefficient (Wildman–Crippen LogP) is 2.01. The van der Waals surface area contributed by atoms with Crippen molar-refractivity contribution in [3.8, 4) is 0 Å². The number of fused-ring (bicyclic) bond motifs is 1. The number of benzene rings is 1. The van der Waals surface area contributed by atoms with E-state index in [2.05, 4.69) is 4.98 Å². The number of carboxylic acid groups (broad SMARTS) is 1. The number of nitrogens with one attached hydrogen (secondary N) is 1. The van der Waals surface area contributed by atoms with Gasteiger partial charge in [0.2, 0.25) is 0 Å². The van der Waals surface area contributed by atoms with E-state index >= 15 is 0 Å². The van der Waals surface area contributed by atoms with Crippen LogP contribution in [0.5, 0.6) is 0 Å². The molecule has 4 nitrogen and oxygen atoms in total. The normalized spacial score (nSPS) is 10.7. The molecule has 4 heteroatoms. The molecule has 15 heavy (non-hydrogen) atoms. The Morgan fingerprint density at radius 2 is 2.27 bits per heavy atom. The van der Waals surface area contributed by atoms with Crippen LogP contribution in [0, 0.1) is 0 Å². The maximum atomic E-state index is 10.7. The summed E-state index contributed by atoms with van der Waals surface area (Å²) in [6, 6.07) is 6.88. The molecule has 0 aliphatic carbocycles. The molecule has 2 aromatic rings. The smallest absolute Gasteiger partial charge is 0.335 e. The summed E-state index contributed by atoms with van der Waals surface area (Å²) >= 11 is 0. The van der Waals surface area contributed by atoms with E-state index in [0.29, 0.717) is 12.2 Å². The summed E-state index contributed by atoms with van der Waals surface area (Å²) in [4.78, 5) is 13.9. The number of hydrogen-bond donors (Lipinski definition) is 2. The van der Waals surface area contributed by atoms with Crippen LogP contribution in [-0.2, 0) is 11.3 Å². The average molecular weight is 205 g/mol. The second kappa shape index (κ2) is 3.74. The molecular weight excluding hydrogens is 194 g/mol. The van der Waals surface area contributed by atoms with Gasteiger partial charge in [-0.05, 0) is 24.3 Å². The number of carboxylic acids is 1. The molecule has 1 heterocycles. The largest absolute Gasteiger partial charge is 0.478 e. The minimum atomic E-state index is -0.911. The first kappa shape index (κ1) is 9.73. The summed E-state index contributed by atoms with van der Waals surface area (Å²) in [5.41, 5.74) is 2.16. The third kappa shape index (κ3) is 1.85. The first-order chi connectivity index (χ1) is 7.20. The van der Waals surface area contributed by atoms with Gasteiger partial charge in [0.1, 0.15) is 0 Å². The van der Waals surface area contributed by atoms with Crippen molar-refractivity contribution >= 4 is 16.9 Å². The maximum Gasteiger partial charge on any atom is 0.335 e. The molecule has 0 aliphatic rings. The Morgan fingerprint density at radius 1 is 1.47 bits per heavy atom. The zero-order valence-corrected chi connectivity index (χ0v) is 8.28. The summed E-state index contributed by atoms with van der Waals surface area (Å²) in [7, 11) is 1.62. The Morgan fingerprint density at radius 3 is 2.93 bits per heavy atom. The number of hydrogen-bond acceptors (Lipinski definition) is 2. The van der Waals surface area contributed by atoms with Crippen LogP contribution in [0.3, 0.4) is 0 Å². The topological polar surface area (TPSA) is 62.3 Å². The van der Waals surface area contributed by atoms with Crippen molar-refractivity contribution in [2.45, 2.75) is 6.61 Å². The van der Waals surface area contributed by atoms with Gasteiger partial charge >= 0.3 is 5.97 Å². The van der Waals surface area contributed by atoms with E-state index in [1.54, 1.807) is 25.3 Å². The van der Waals surface area contributed by atoms with Crippen molar-refractivity contribution in [3.63, 3.8) is 0 Å². The Balaban J connectivity index is 2.47. The molecule has 2 rings (SSSR count). The molecule has 0 aliphatic heterocycles. The van der Waals surface area contributed by atoms with E-state index in [1.165, 1.54) is 0 Å². The van der Waals surface area contributed by atoms with Gasteiger partial charge in [0.05, 0.1) is 12.2 Å². The minimum absolute atomic E-state index is 0.297. The standard InChI is InChI=1S/C11H11NO3/c1-15-6-9-5-8-4-7(11(13)14)2-3-10(8)12-9/h2-5,12H,6H2,1H3,(H,13,14). The second-order valence-corrected chi connectivity index (χ2v) is 3.33. The average Bonchev–Trinajstić information content (AvgIpc) is 2.59. The lowest BCUT2D eigenvalue weighted by atomic mass is 10.1. The van der Waals surface area contributed by atoms with Crippen LogP contribution in [0.4, 0.5) is 0 Å². The van der Waals surface area contributed by atoms with Gasteiger partial charge in [-0.1, -0.05) is 0 Å². The van der Waals surface area contributed by atoms with Crippen molar-refractivity contribution in [3.05, 3.63) is 35.5 Å².